The Bertz CT molecular complexity index is 1220. The molecule has 0 amide bonds. The molecule has 3 rings (SSSR count). The second kappa shape index (κ2) is 15.1. The fourth-order valence-corrected chi connectivity index (χ4v) is 2.73. The highest BCUT2D eigenvalue weighted by Crippen LogP contribution is 2.15. The maximum absolute atomic E-state index is 12.1. The fraction of sp³-hybridized carbons (Fsp3) is 0.292. The van der Waals surface area contributed by atoms with Crippen molar-refractivity contribution in [2.75, 3.05) is 33.4 Å². The van der Waals surface area contributed by atoms with Gasteiger partial charge < -0.3 is 30.3 Å². The van der Waals surface area contributed by atoms with Crippen molar-refractivity contribution in [1.29, 1.82) is 5.41 Å². The summed E-state index contributed by atoms with van der Waals surface area (Å²) in [5.74, 6) is -4.42. The van der Waals surface area contributed by atoms with Gasteiger partial charge >= 0.3 is 30.3 Å². The van der Waals surface area contributed by atoms with Gasteiger partial charge in [0.05, 0.1) is 12.1 Å². The molecule has 1 aliphatic heterocycles. The summed E-state index contributed by atoms with van der Waals surface area (Å²) in [6, 6.07) is 14.1. The van der Waals surface area contributed by atoms with Gasteiger partial charge in [-0.15, -0.1) is 0 Å². The molecule has 2 aromatic carbocycles. The first-order valence-electron chi connectivity index (χ1n) is 11.1. The number of benzene rings is 2. The fourth-order valence-electron chi connectivity index (χ4n) is 2.73. The molecule has 0 aliphatic carbocycles. The third kappa shape index (κ3) is 12.3. The van der Waals surface area contributed by atoms with Crippen molar-refractivity contribution in [3.8, 4) is 5.75 Å². The number of amidine groups is 2. The van der Waals surface area contributed by atoms with E-state index in [2.05, 4.69) is 9.89 Å². The van der Waals surface area contributed by atoms with Crippen LogP contribution in [0.2, 0.25) is 0 Å². The summed E-state index contributed by atoms with van der Waals surface area (Å²) in [6.07, 6.45) is -10.2. The molecule has 1 heterocycles. The van der Waals surface area contributed by atoms with E-state index in [1.807, 2.05) is 19.2 Å². The van der Waals surface area contributed by atoms with E-state index in [0.717, 1.165) is 24.5 Å². The number of carboxylic acids is 2. The number of alkyl halides is 6. The second-order valence-electron chi connectivity index (χ2n) is 7.74. The molecule has 0 saturated carbocycles. The number of nitrogens with one attached hydrogen (secondary N) is 1. The maximum Gasteiger partial charge on any atom is 0.490 e. The number of aliphatic imine (C=N–C) groups is 1. The van der Waals surface area contributed by atoms with Crippen LogP contribution in [0.5, 0.6) is 5.75 Å². The monoisotopic (exact) mass is 594 g/mol. The molecule has 0 unspecified atom stereocenters. The molecule has 0 radical (unpaired) electrons. The van der Waals surface area contributed by atoms with Crippen LogP contribution in [0.3, 0.4) is 0 Å². The lowest BCUT2D eigenvalue weighted by atomic mass is 10.1. The van der Waals surface area contributed by atoms with Crippen LogP contribution in [0.25, 0.3) is 0 Å². The highest BCUT2D eigenvalue weighted by molar-refractivity contribution is 6.00. The first-order chi connectivity index (χ1) is 18.9. The van der Waals surface area contributed by atoms with Crippen LogP contribution in [0.4, 0.5) is 26.3 Å². The minimum atomic E-state index is -5.08. The van der Waals surface area contributed by atoms with E-state index in [1.165, 1.54) is 0 Å². The summed E-state index contributed by atoms with van der Waals surface area (Å²) in [5, 5.41) is 21.7. The molecule has 0 bridgehead atoms. The van der Waals surface area contributed by atoms with Crippen molar-refractivity contribution >= 4 is 29.6 Å². The molecule has 224 valence electrons. The van der Waals surface area contributed by atoms with E-state index in [0.29, 0.717) is 16.9 Å². The Balaban J connectivity index is 0.000000497. The van der Waals surface area contributed by atoms with Crippen LogP contribution >= 0.6 is 0 Å². The van der Waals surface area contributed by atoms with Crippen molar-refractivity contribution in [1.82, 2.24) is 4.90 Å². The van der Waals surface area contributed by atoms with Crippen LogP contribution in [0.1, 0.15) is 21.5 Å². The Kier molecular flexibility index (Phi) is 12.6. The lowest BCUT2D eigenvalue weighted by Crippen LogP contribution is -2.23. The van der Waals surface area contributed by atoms with Crippen molar-refractivity contribution in [3.63, 3.8) is 0 Å². The summed E-state index contributed by atoms with van der Waals surface area (Å²) in [6.45, 7) is 2.05. The maximum atomic E-state index is 12.1. The normalized spacial score (nSPS) is 12.6. The molecule has 0 spiro atoms. The summed E-state index contributed by atoms with van der Waals surface area (Å²) in [5.41, 5.74) is 7.50. The van der Waals surface area contributed by atoms with E-state index in [9.17, 15) is 31.1 Å². The van der Waals surface area contributed by atoms with E-state index in [1.54, 1.807) is 36.4 Å². The Morgan fingerprint density at radius 3 is 1.93 bits per heavy atom. The zero-order valence-electron chi connectivity index (χ0n) is 21.1. The Hall–Kier alpha value is -4.83. The number of nitrogens with two attached hydrogens (primary N) is 1. The minimum Gasteiger partial charge on any atom is -0.490 e. The number of nitrogen functional groups attached to an aromatic ring is 1. The van der Waals surface area contributed by atoms with Crippen LogP contribution < -0.4 is 10.5 Å². The minimum absolute atomic E-state index is 0.0231. The highest BCUT2D eigenvalue weighted by Gasteiger charge is 2.38. The molecule has 0 fully saturated rings. The Morgan fingerprint density at radius 2 is 1.49 bits per heavy atom. The van der Waals surface area contributed by atoms with Gasteiger partial charge in [-0.1, -0.05) is 24.3 Å². The van der Waals surface area contributed by atoms with E-state index < -0.39 is 30.3 Å². The van der Waals surface area contributed by atoms with Gasteiger partial charge in [0.25, 0.3) is 0 Å². The molecule has 0 saturated heterocycles. The van der Waals surface area contributed by atoms with Gasteiger partial charge in [-0.2, -0.15) is 26.3 Å². The Morgan fingerprint density at radius 1 is 0.951 bits per heavy atom. The summed E-state index contributed by atoms with van der Waals surface area (Å²) >= 11 is 0. The largest absolute Gasteiger partial charge is 0.490 e. The van der Waals surface area contributed by atoms with Gasteiger partial charge in [0.2, 0.25) is 0 Å². The van der Waals surface area contributed by atoms with E-state index >= 15 is 0 Å². The molecule has 11 nitrogen and oxygen atoms in total. The van der Waals surface area contributed by atoms with Crippen LogP contribution in [-0.4, -0.2) is 90.4 Å². The van der Waals surface area contributed by atoms with Crippen molar-refractivity contribution < 1.29 is 60.4 Å². The molecule has 17 heteroatoms. The van der Waals surface area contributed by atoms with E-state index in [-0.39, 0.29) is 19.0 Å². The number of likely N-dealkylation sites (N-methyl/N-ethyl adjacent to an activating group) is 1. The molecule has 2 aromatic rings. The van der Waals surface area contributed by atoms with Crippen molar-refractivity contribution in [2.45, 2.75) is 12.4 Å². The number of ether oxygens (including phenoxy) is 2. The number of carbonyl (C=O) groups is 3. The number of aliphatic carboxylic acids is 2. The zero-order chi connectivity index (χ0) is 31.4. The number of halogens is 6. The number of esters is 1. The number of carboxylic acid groups (broad SMARTS) is 2. The molecule has 1 aliphatic rings. The number of nitrogens with zero attached hydrogens (tertiary/aromatic N) is 2. The quantitative estimate of drug-likeness (QED) is 0.123. The molecular formula is C24H24F6N4O7. The molecule has 0 atom stereocenters. The SMILES string of the molecule is CN1CCN=C1c1ccc(C(=O)OCCOc2cccc(C(=N)N)c2)cc1.O=C(O)C(F)(F)F.O=C(O)C(F)(F)F. The molecule has 5 N–H and O–H groups in total. The number of hydrogen-bond acceptors (Lipinski definition) is 8. The predicted octanol–water partition coefficient (Wildman–Crippen LogP) is 3.17. The lowest BCUT2D eigenvalue weighted by molar-refractivity contribution is -0.193. The van der Waals surface area contributed by atoms with E-state index in [4.69, 9.17) is 40.4 Å². The lowest BCUT2D eigenvalue weighted by Gasteiger charge is -2.14. The molecule has 0 aromatic heterocycles. The number of hydrogen-bond donors (Lipinski definition) is 4. The van der Waals surface area contributed by atoms with Gasteiger partial charge in [-0.25, -0.2) is 14.4 Å². The Labute approximate surface area is 228 Å². The summed E-state index contributed by atoms with van der Waals surface area (Å²) in [7, 11) is 2.00. The van der Waals surface area contributed by atoms with Gasteiger partial charge in [-0.3, -0.25) is 10.4 Å². The molecule has 41 heavy (non-hydrogen) atoms. The van der Waals surface area contributed by atoms with Gasteiger partial charge in [0.1, 0.15) is 30.6 Å². The average Bonchev–Trinajstić information content (AvgIpc) is 3.32. The predicted molar refractivity (Wildman–Crippen MR) is 131 cm³/mol. The standard InChI is InChI=1S/C20H22N4O3.2C2HF3O2/c1-24-10-9-23-19(24)14-5-7-15(8-6-14)20(25)27-12-11-26-17-4-2-3-16(13-17)18(21)22;2*3-2(4,5)1(6)7/h2-8,13H,9-12H2,1H3,(H3,21,22);2*(H,6,7). The first-order valence-corrected chi connectivity index (χ1v) is 11.1. The van der Waals surface area contributed by atoms with Crippen LogP contribution in [0.15, 0.2) is 53.5 Å². The third-order valence-electron chi connectivity index (χ3n) is 4.65. The van der Waals surface area contributed by atoms with Gasteiger partial charge in [-0.05, 0) is 24.3 Å². The number of carbonyl (C=O) groups excluding carboxylic acids is 1. The number of rotatable bonds is 7. The van der Waals surface area contributed by atoms with Crippen molar-refractivity contribution in [2.24, 2.45) is 10.7 Å². The van der Waals surface area contributed by atoms with Crippen molar-refractivity contribution in [3.05, 3.63) is 65.2 Å². The highest BCUT2D eigenvalue weighted by atomic mass is 19.4. The van der Waals surface area contributed by atoms with Gasteiger partial charge in [0.15, 0.2) is 0 Å². The topological polar surface area (TPSA) is 176 Å². The first kappa shape index (κ1) is 34.2. The smallest absolute Gasteiger partial charge is 0.490 e. The molecular weight excluding hydrogens is 570 g/mol. The van der Waals surface area contributed by atoms with Gasteiger partial charge in [0, 0.05) is 24.7 Å². The van der Waals surface area contributed by atoms with Crippen LogP contribution in [-0.2, 0) is 14.3 Å². The third-order valence-corrected chi connectivity index (χ3v) is 4.65. The summed E-state index contributed by atoms with van der Waals surface area (Å²) in [4.78, 5) is 36.5. The second-order valence-corrected chi connectivity index (χ2v) is 7.74. The van der Waals surface area contributed by atoms with Crippen LogP contribution in [0, 0.1) is 5.41 Å². The average molecular weight is 594 g/mol. The summed E-state index contributed by atoms with van der Waals surface area (Å²) < 4.78 is 74.2. The zero-order valence-corrected chi connectivity index (χ0v) is 21.1.